The second-order valence-electron chi connectivity index (χ2n) is 17.3. The van der Waals surface area contributed by atoms with Crippen molar-refractivity contribution in [2.24, 2.45) is 0 Å². The first-order valence-corrected chi connectivity index (χ1v) is 24.4. The Kier molecular flexibility index (Phi) is 32.8. The van der Waals surface area contributed by atoms with Gasteiger partial charge in [-0.2, -0.15) is 0 Å². The molecule has 5 unspecified atom stereocenters. The molecule has 2 fully saturated rings. The lowest BCUT2D eigenvalue weighted by Gasteiger charge is -2.42. The number of aliphatic hydroxyl groups excluding tert-OH is 7. The first-order chi connectivity index (χ1) is 30.5. The lowest BCUT2D eigenvalue weighted by molar-refractivity contribution is -0.332. The fourth-order valence-corrected chi connectivity index (χ4v) is 7.62. The van der Waals surface area contributed by atoms with E-state index in [0.717, 1.165) is 32.1 Å². The number of hydrogen-bond donors (Lipinski definition) is 7. The first kappa shape index (κ1) is 57.1. The van der Waals surface area contributed by atoms with Crippen molar-refractivity contribution in [2.45, 2.75) is 242 Å². The summed E-state index contributed by atoms with van der Waals surface area (Å²) in [5.41, 5.74) is 0. The van der Waals surface area contributed by atoms with Gasteiger partial charge in [0.2, 0.25) is 0 Å². The van der Waals surface area contributed by atoms with Crippen molar-refractivity contribution in [3.63, 3.8) is 0 Å². The van der Waals surface area contributed by atoms with Crippen molar-refractivity contribution in [1.29, 1.82) is 0 Å². The van der Waals surface area contributed by atoms with Gasteiger partial charge in [0.05, 0.1) is 19.8 Å². The van der Waals surface area contributed by atoms with Gasteiger partial charge in [-0.3, -0.25) is 9.59 Å². The third kappa shape index (κ3) is 24.9. The summed E-state index contributed by atoms with van der Waals surface area (Å²) in [7, 11) is 0. The van der Waals surface area contributed by atoms with Crippen molar-refractivity contribution >= 4 is 11.9 Å². The summed E-state index contributed by atoms with van der Waals surface area (Å²) in [5.74, 6) is -0.998. The standard InChI is InChI=1S/C48H86O15/c1-3-5-7-9-11-13-15-17-19-20-22-24-26-28-30-39(50)58-33-36(61-40(51)31-29-27-25-23-21-18-16-14-12-10-8-6-4-2)34-59-47-46(57)44(55)42(53)38(63-47)35-60-48-45(56)43(54)41(52)37(32-49)62-48/h18,21,25,27,36-38,41-49,52-57H,3-17,19-20,22-24,26,28-35H2,1-2H3/b21-18+,27-25+/t36?,37-,38-,41+,42+,43?,44?,45?,46?,47-,48-/m1/s1. The molecule has 15 nitrogen and oxygen atoms in total. The Morgan fingerprint density at radius 2 is 0.984 bits per heavy atom. The van der Waals surface area contributed by atoms with Crippen LogP contribution in [0.2, 0.25) is 0 Å². The van der Waals surface area contributed by atoms with Gasteiger partial charge >= 0.3 is 11.9 Å². The molecule has 0 aliphatic carbocycles. The molecule has 0 aromatic carbocycles. The molecule has 63 heavy (non-hydrogen) atoms. The van der Waals surface area contributed by atoms with Gasteiger partial charge in [0.1, 0.15) is 55.4 Å². The third-order valence-electron chi connectivity index (χ3n) is 11.7. The van der Waals surface area contributed by atoms with Crippen LogP contribution in [0.4, 0.5) is 0 Å². The van der Waals surface area contributed by atoms with Crippen LogP contribution in [0.5, 0.6) is 0 Å². The molecule has 7 N–H and O–H groups in total. The Bertz CT molecular complexity index is 1200. The number of carbonyl (C=O) groups is 2. The molecule has 2 aliphatic rings. The van der Waals surface area contributed by atoms with Gasteiger partial charge in [-0.25, -0.2) is 0 Å². The molecule has 0 aromatic rings. The van der Waals surface area contributed by atoms with E-state index in [-0.39, 0.29) is 19.4 Å². The van der Waals surface area contributed by atoms with Gasteiger partial charge in [0.25, 0.3) is 0 Å². The molecule has 2 heterocycles. The predicted octanol–water partition coefficient (Wildman–Crippen LogP) is 5.99. The van der Waals surface area contributed by atoms with Crippen LogP contribution in [-0.2, 0) is 38.0 Å². The van der Waals surface area contributed by atoms with Crippen molar-refractivity contribution in [2.75, 3.05) is 26.4 Å². The normalized spacial score (nSPS) is 27.0. The maximum Gasteiger partial charge on any atom is 0.306 e. The summed E-state index contributed by atoms with van der Waals surface area (Å²) in [6, 6.07) is 0. The summed E-state index contributed by atoms with van der Waals surface area (Å²) < 4.78 is 33.4. The van der Waals surface area contributed by atoms with E-state index >= 15 is 0 Å². The fraction of sp³-hybridized carbons (Fsp3) is 0.875. The van der Waals surface area contributed by atoms with Crippen molar-refractivity contribution < 1.29 is 73.8 Å². The van der Waals surface area contributed by atoms with Crippen LogP contribution in [-0.4, -0.2) is 142 Å². The third-order valence-corrected chi connectivity index (χ3v) is 11.7. The van der Waals surface area contributed by atoms with Crippen LogP contribution in [0, 0.1) is 0 Å². The first-order valence-electron chi connectivity index (χ1n) is 24.4. The lowest BCUT2D eigenvalue weighted by Crippen LogP contribution is -2.61. The highest BCUT2D eigenvalue weighted by Gasteiger charge is 2.47. The number of unbranched alkanes of at least 4 members (excludes halogenated alkanes) is 19. The number of carbonyl (C=O) groups excluding carboxylic acids is 2. The monoisotopic (exact) mass is 903 g/mol. The van der Waals surface area contributed by atoms with Crippen molar-refractivity contribution in [3.05, 3.63) is 24.3 Å². The molecule has 15 heteroatoms. The zero-order chi connectivity index (χ0) is 46.1. The van der Waals surface area contributed by atoms with E-state index < -0.39 is 99.3 Å². The highest BCUT2D eigenvalue weighted by molar-refractivity contribution is 5.70. The van der Waals surface area contributed by atoms with Crippen LogP contribution < -0.4 is 0 Å². The number of aliphatic hydroxyl groups is 7. The molecule has 11 atom stereocenters. The van der Waals surface area contributed by atoms with Crippen LogP contribution in [0.25, 0.3) is 0 Å². The maximum absolute atomic E-state index is 12.9. The topological polar surface area (TPSA) is 231 Å². The summed E-state index contributed by atoms with van der Waals surface area (Å²) in [6.45, 7) is 2.52. The van der Waals surface area contributed by atoms with Crippen LogP contribution >= 0.6 is 0 Å². The minimum Gasteiger partial charge on any atom is -0.462 e. The van der Waals surface area contributed by atoms with Gasteiger partial charge in [-0.15, -0.1) is 0 Å². The largest absolute Gasteiger partial charge is 0.462 e. The average molecular weight is 903 g/mol. The summed E-state index contributed by atoms with van der Waals surface area (Å²) in [6.07, 6.45) is 18.0. The molecule has 0 radical (unpaired) electrons. The number of hydrogen-bond acceptors (Lipinski definition) is 15. The molecule has 0 spiro atoms. The van der Waals surface area contributed by atoms with E-state index in [2.05, 4.69) is 26.0 Å². The Morgan fingerprint density at radius 3 is 1.54 bits per heavy atom. The molecular formula is C48H86O15. The number of rotatable bonds is 37. The Labute approximate surface area is 377 Å². The molecule has 0 bridgehead atoms. The molecule has 2 rings (SSSR count). The van der Waals surface area contributed by atoms with E-state index in [1.807, 2.05) is 12.2 Å². The van der Waals surface area contributed by atoms with Crippen LogP contribution in [0.1, 0.15) is 174 Å². The zero-order valence-electron chi connectivity index (χ0n) is 38.6. The molecule has 2 aliphatic heterocycles. The number of allylic oxidation sites excluding steroid dienone is 4. The van der Waals surface area contributed by atoms with Gasteiger partial charge in [-0.05, 0) is 32.1 Å². The highest BCUT2D eigenvalue weighted by Crippen LogP contribution is 2.26. The van der Waals surface area contributed by atoms with E-state index in [0.29, 0.717) is 12.8 Å². The number of esters is 2. The summed E-state index contributed by atoms with van der Waals surface area (Å²) in [5, 5.41) is 71.9. The SMILES string of the molecule is CCCCCCCC/C=C/C/C=C/CCC(=O)OC(COC(=O)CCCCCCCCCCCCCCCC)CO[C@@H]1O[C@H](CO[C@@H]2O[C@H](CO)[C@H](O)C(O)C2O)[C@H](O)C(O)C1O. The highest BCUT2D eigenvalue weighted by atomic mass is 16.7. The van der Waals surface area contributed by atoms with Gasteiger partial charge in [0, 0.05) is 12.8 Å². The van der Waals surface area contributed by atoms with Crippen LogP contribution in [0.15, 0.2) is 24.3 Å². The molecular weight excluding hydrogens is 817 g/mol. The molecule has 368 valence electrons. The quantitative estimate of drug-likeness (QED) is 0.0216. The maximum atomic E-state index is 12.9. The van der Waals surface area contributed by atoms with Crippen molar-refractivity contribution in [1.82, 2.24) is 0 Å². The Hall–Kier alpha value is -2.02. The van der Waals surface area contributed by atoms with Crippen LogP contribution in [0.3, 0.4) is 0 Å². The Morgan fingerprint density at radius 1 is 0.508 bits per heavy atom. The predicted molar refractivity (Wildman–Crippen MR) is 238 cm³/mol. The zero-order valence-corrected chi connectivity index (χ0v) is 38.6. The number of ether oxygens (including phenoxy) is 6. The van der Waals surface area contributed by atoms with Crippen molar-refractivity contribution in [3.8, 4) is 0 Å². The second-order valence-corrected chi connectivity index (χ2v) is 17.3. The van der Waals surface area contributed by atoms with E-state index in [4.69, 9.17) is 28.4 Å². The minimum atomic E-state index is -1.77. The molecule has 0 saturated carbocycles. The second kappa shape index (κ2) is 36.1. The van der Waals surface area contributed by atoms with Gasteiger partial charge < -0.3 is 64.2 Å². The van der Waals surface area contributed by atoms with Gasteiger partial charge in [0.15, 0.2) is 18.7 Å². The molecule has 0 aromatic heterocycles. The summed E-state index contributed by atoms with van der Waals surface area (Å²) >= 11 is 0. The lowest BCUT2D eigenvalue weighted by atomic mass is 9.98. The van der Waals surface area contributed by atoms with E-state index in [9.17, 15) is 45.3 Å². The summed E-state index contributed by atoms with van der Waals surface area (Å²) in [4.78, 5) is 25.6. The molecule has 0 amide bonds. The Balaban J connectivity index is 1.85. The molecule has 2 saturated heterocycles. The minimum absolute atomic E-state index is 0.0618. The fourth-order valence-electron chi connectivity index (χ4n) is 7.62. The van der Waals surface area contributed by atoms with E-state index in [1.165, 1.54) is 103 Å². The average Bonchev–Trinajstić information content (AvgIpc) is 3.28. The van der Waals surface area contributed by atoms with Gasteiger partial charge in [-0.1, -0.05) is 154 Å². The van der Waals surface area contributed by atoms with E-state index in [1.54, 1.807) is 0 Å². The smallest absolute Gasteiger partial charge is 0.306 e.